The molecule has 1 saturated carbocycles. The summed E-state index contributed by atoms with van der Waals surface area (Å²) >= 11 is 0. The lowest BCUT2D eigenvalue weighted by Gasteiger charge is -2.05. The lowest BCUT2D eigenvalue weighted by Crippen LogP contribution is -2.20. The van der Waals surface area contributed by atoms with E-state index in [2.05, 4.69) is 19.2 Å². The van der Waals surface area contributed by atoms with Gasteiger partial charge in [-0.2, -0.15) is 0 Å². The average Bonchev–Trinajstić information content (AvgIpc) is 2.74. The third-order valence-electron chi connectivity index (χ3n) is 2.95. The quantitative estimate of drug-likeness (QED) is 0.592. The highest BCUT2D eigenvalue weighted by molar-refractivity contribution is 4.83. The van der Waals surface area contributed by atoms with Gasteiger partial charge in [0.15, 0.2) is 0 Å². The van der Waals surface area contributed by atoms with Crippen LogP contribution in [0.3, 0.4) is 0 Å². The average molecular weight is 184 g/mol. The Morgan fingerprint density at radius 3 is 2.69 bits per heavy atom. The van der Waals surface area contributed by atoms with E-state index in [1.807, 2.05) is 0 Å². The van der Waals surface area contributed by atoms with Gasteiger partial charge in [0.25, 0.3) is 0 Å². The third kappa shape index (κ3) is 5.27. The van der Waals surface area contributed by atoms with Crippen molar-refractivity contribution in [2.24, 2.45) is 17.6 Å². The summed E-state index contributed by atoms with van der Waals surface area (Å²) in [6.45, 7) is 6.83. The standard InChI is InChI=1S/C11H24N2/c1-9-7-11(9)8-13-6-4-3-5-10(2)12/h9-11,13H,3-8,12H2,1-2H3. The molecule has 0 aliphatic heterocycles. The van der Waals surface area contributed by atoms with Crippen molar-refractivity contribution in [2.45, 2.75) is 45.6 Å². The van der Waals surface area contributed by atoms with Crippen molar-refractivity contribution < 1.29 is 0 Å². The van der Waals surface area contributed by atoms with Crippen molar-refractivity contribution >= 4 is 0 Å². The smallest absolute Gasteiger partial charge is 0.00104 e. The van der Waals surface area contributed by atoms with Crippen LogP contribution in [0.25, 0.3) is 0 Å². The molecule has 1 aliphatic rings. The second-order valence-electron chi connectivity index (χ2n) is 4.65. The Balaban J connectivity index is 1.74. The molecule has 0 saturated heterocycles. The number of hydrogen-bond acceptors (Lipinski definition) is 2. The Labute approximate surface area is 82.3 Å². The molecule has 0 amide bonds. The van der Waals surface area contributed by atoms with Crippen LogP contribution in [0.5, 0.6) is 0 Å². The van der Waals surface area contributed by atoms with Gasteiger partial charge in [0.05, 0.1) is 0 Å². The van der Waals surface area contributed by atoms with Gasteiger partial charge < -0.3 is 11.1 Å². The molecule has 2 nitrogen and oxygen atoms in total. The Bertz CT molecular complexity index is 134. The highest BCUT2D eigenvalue weighted by Gasteiger charge is 2.31. The molecule has 0 bridgehead atoms. The Kier molecular flexibility index (Phi) is 4.74. The number of rotatable bonds is 7. The largest absolute Gasteiger partial charge is 0.328 e. The highest BCUT2D eigenvalue weighted by Crippen LogP contribution is 2.36. The van der Waals surface area contributed by atoms with Crippen molar-refractivity contribution in [3.63, 3.8) is 0 Å². The van der Waals surface area contributed by atoms with E-state index in [9.17, 15) is 0 Å². The molecule has 0 aromatic carbocycles. The van der Waals surface area contributed by atoms with E-state index in [0.717, 1.165) is 11.8 Å². The van der Waals surface area contributed by atoms with Crippen LogP contribution in [0.2, 0.25) is 0 Å². The molecule has 1 rings (SSSR count). The molecular formula is C11H24N2. The van der Waals surface area contributed by atoms with E-state index >= 15 is 0 Å². The van der Waals surface area contributed by atoms with Gasteiger partial charge in [-0.05, 0) is 51.1 Å². The minimum Gasteiger partial charge on any atom is -0.328 e. The van der Waals surface area contributed by atoms with Gasteiger partial charge in [0.2, 0.25) is 0 Å². The lowest BCUT2D eigenvalue weighted by molar-refractivity contribution is 0.546. The zero-order chi connectivity index (χ0) is 9.68. The first kappa shape index (κ1) is 11.0. The van der Waals surface area contributed by atoms with Crippen molar-refractivity contribution in [1.82, 2.24) is 5.32 Å². The summed E-state index contributed by atoms with van der Waals surface area (Å²) < 4.78 is 0. The van der Waals surface area contributed by atoms with Gasteiger partial charge in [-0.15, -0.1) is 0 Å². The number of hydrogen-bond donors (Lipinski definition) is 2. The van der Waals surface area contributed by atoms with E-state index < -0.39 is 0 Å². The Morgan fingerprint density at radius 1 is 1.46 bits per heavy atom. The van der Waals surface area contributed by atoms with E-state index in [4.69, 9.17) is 5.73 Å². The minimum absolute atomic E-state index is 0.378. The molecule has 0 heterocycles. The molecule has 2 heteroatoms. The van der Waals surface area contributed by atoms with Gasteiger partial charge in [-0.25, -0.2) is 0 Å². The predicted molar refractivity (Wildman–Crippen MR) is 57.6 cm³/mol. The molecule has 0 aromatic rings. The maximum absolute atomic E-state index is 5.66. The summed E-state index contributed by atoms with van der Waals surface area (Å²) in [7, 11) is 0. The van der Waals surface area contributed by atoms with Crippen molar-refractivity contribution in [2.75, 3.05) is 13.1 Å². The highest BCUT2D eigenvalue weighted by atomic mass is 14.9. The molecule has 0 aromatic heterocycles. The van der Waals surface area contributed by atoms with Gasteiger partial charge in [0, 0.05) is 6.04 Å². The lowest BCUT2D eigenvalue weighted by atomic mass is 10.1. The first-order valence-corrected chi connectivity index (χ1v) is 5.66. The van der Waals surface area contributed by atoms with Gasteiger partial charge in [-0.1, -0.05) is 13.3 Å². The fourth-order valence-electron chi connectivity index (χ4n) is 1.69. The third-order valence-corrected chi connectivity index (χ3v) is 2.95. The van der Waals surface area contributed by atoms with E-state index in [1.54, 1.807) is 0 Å². The first-order valence-electron chi connectivity index (χ1n) is 5.66. The van der Waals surface area contributed by atoms with Gasteiger partial charge >= 0.3 is 0 Å². The molecule has 3 atom stereocenters. The van der Waals surface area contributed by atoms with Crippen molar-refractivity contribution in [3.8, 4) is 0 Å². The number of nitrogens with one attached hydrogen (secondary N) is 1. The van der Waals surface area contributed by atoms with Crippen LogP contribution in [0.4, 0.5) is 0 Å². The van der Waals surface area contributed by atoms with E-state index in [-0.39, 0.29) is 0 Å². The number of nitrogens with two attached hydrogens (primary N) is 1. The Hall–Kier alpha value is -0.0800. The summed E-state index contributed by atoms with van der Waals surface area (Å²) in [5.74, 6) is 1.96. The van der Waals surface area contributed by atoms with Crippen LogP contribution in [0.15, 0.2) is 0 Å². The van der Waals surface area contributed by atoms with Gasteiger partial charge in [0.1, 0.15) is 0 Å². The minimum atomic E-state index is 0.378. The SMILES string of the molecule is CC(N)CCCCNCC1CC1C. The molecule has 3 N–H and O–H groups in total. The first-order chi connectivity index (χ1) is 6.20. The van der Waals surface area contributed by atoms with Crippen LogP contribution >= 0.6 is 0 Å². The topological polar surface area (TPSA) is 38.0 Å². The predicted octanol–water partition coefficient (Wildman–Crippen LogP) is 1.75. The van der Waals surface area contributed by atoms with Crippen molar-refractivity contribution in [1.29, 1.82) is 0 Å². The van der Waals surface area contributed by atoms with Crippen LogP contribution in [-0.2, 0) is 0 Å². The molecule has 0 spiro atoms. The molecule has 1 aliphatic carbocycles. The van der Waals surface area contributed by atoms with Gasteiger partial charge in [-0.3, -0.25) is 0 Å². The summed E-state index contributed by atoms with van der Waals surface area (Å²) in [6, 6.07) is 0.378. The van der Waals surface area contributed by atoms with Crippen molar-refractivity contribution in [3.05, 3.63) is 0 Å². The molecule has 13 heavy (non-hydrogen) atoms. The second kappa shape index (κ2) is 5.61. The van der Waals surface area contributed by atoms with Crippen LogP contribution in [0.1, 0.15) is 39.5 Å². The monoisotopic (exact) mass is 184 g/mol. The summed E-state index contributed by atoms with van der Waals surface area (Å²) in [4.78, 5) is 0. The number of unbranched alkanes of at least 4 members (excludes halogenated alkanes) is 1. The molecular weight excluding hydrogens is 160 g/mol. The fraction of sp³-hybridized carbons (Fsp3) is 1.00. The molecule has 1 fully saturated rings. The molecule has 0 radical (unpaired) electrons. The molecule has 3 unspecified atom stereocenters. The van der Waals surface area contributed by atoms with Crippen LogP contribution in [0, 0.1) is 11.8 Å². The zero-order valence-corrected chi connectivity index (χ0v) is 9.05. The molecule has 78 valence electrons. The normalized spacial score (nSPS) is 28.8. The fourth-order valence-corrected chi connectivity index (χ4v) is 1.69. The summed E-state index contributed by atoms with van der Waals surface area (Å²) in [6.07, 6.45) is 5.15. The summed E-state index contributed by atoms with van der Waals surface area (Å²) in [5, 5.41) is 3.51. The summed E-state index contributed by atoms with van der Waals surface area (Å²) in [5.41, 5.74) is 5.66. The second-order valence-corrected chi connectivity index (χ2v) is 4.65. The Morgan fingerprint density at radius 2 is 2.15 bits per heavy atom. The maximum Gasteiger partial charge on any atom is 0.00104 e. The van der Waals surface area contributed by atoms with Crippen LogP contribution in [-0.4, -0.2) is 19.1 Å². The zero-order valence-electron chi connectivity index (χ0n) is 9.05. The van der Waals surface area contributed by atoms with E-state index in [1.165, 1.54) is 38.8 Å². The van der Waals surface area contributed by atoms with Crippen LogP contribution < -0.4 is 11.1 Å². The maximum atomic E-state index is 5.66. The van der Waals surface area contributed by atoms with E-state index in [0.29, 0.717) is 6.04 Å².